The van der Waals surface area contributed by atoms with E-state index in [4.69, 9.17) is 17.0 Å². The summed E-state index contributed by atoms with van der Waals surface area (Å²) in [4.78, 5) is 12.6. The molecular formula is C22H27IN2O2S. The summed E-state index contributed by atoms with van der Waals surface area (Å²) in [5.74, 6) is 0.812. The van der Waals surface area contributed by atoms with Crippen LogP contribution in [0.2, 0.25) is 0 Å². The van der Waals surface area contributed by atoms with Crippen LogP contribution in [0.15, 0.2) is 42.5 Å². The zero-order chi connectivity index (χ0) is 20.7. The third kappa shape index (κ3) is 7.05. The number of aryl methyl sites for hydroxylation is 2. The standard InChI is InChI=1S/C22H27IN2O2S/c1-15-6-7-16(2)19(14-15)27-13-5-12-22(3,4)20(26)25-21(28)24-18-10-8-17(23)9-11-18/h6-11,14H,5,12-13H2,1-4H3,(H2,24,25,26,28). The number of hydrogen-bond acceptors (Lipinski definition) is 3. The lowest BCUT2D eigenvalue weighted by molar-refractivity contribution is -0.128. The van der Waals surface area contributed by atoms with Gasteiger partial charge in [0.25, 0.3) is 0 Å². The third-order valence-electron chi connectivity index (χ3n) is 4.49. The van der Waals surface area contributed by atoms with Crippen LogP contribution >= 0.6 is 34.8 Å². The molecule has 1 amide bonds. The molecule has 2 rings (SSSR count). The minimum Gasteiger partial charge on any atom is -0.493 e. The second kappa shape index (κ2) is 10.2. The van der Waals surface area contributed by atoms with Crippen molar-refractivity contribution in [2.75, 3.05) is 11.9 Å². The van der Waals surface area contributed by atoms with Crippen molar-refractivity contribution in [3.05, 3.63) is 57.2 Å². The second-order valence-electron chi connectivity index (χ2n) is 7.52. The minimum atomic E-state index is -0.539. The number of hydrogen-bond donors (Lipinski definition) is 2. The molecule has 0 saturated heterocycles. The van der Waals surface area contributed by atoms with Gasteiger partial charge in [-0.15, -0.1) is 0 Å². The molecule has 0 aromatic heterocycles. The van der Waals surface area contributed by atoms with Gasteiger partial charge < -0.3 is 15.4 Å². The van der Waals surface area contributed by atoms with E-state index in [2.05, 4.69) is 45.4 Å². The molecule has 0 unspecified atom stereocenters. The number of anilines is 1. The van der Waals surface area contributed by atoms with E-state index in [-0.39, 0.29) is 5.91 Å². The van der Waals surface area contributed by atoms with E-state index < -0.39 is 5.41 Å². The number of nitrogens with one attached hydrogen (secondary N) is 2. The summed E-state index contributed by atoms with van der Waals surface area (Å²) in [7, 11) is 0. The van der Waals surface area contributed by atoms with E-state index in [0.717, 1.165) is 27.0 Å². The Bertz CT molecular complexity index is 835. The molecule has 0 spiro atoms. The van der Waals surface area contributed by atoms with Crippen LogP contribution in [0.4, 0.5) is 5.69 Å². The lowest BCUT2D eigenvalue weighted by atomic mass is 9.87. The van der Waals surface area contributed by atoms with Crippen molar-refractivity contribution in [2.45, 2.75) is 40.5 Å². The topological polar surface area (TPSA) is 50.4 Å². The van der Waals surface area contributed by atoms with Crippen molar-refractivity contribution >= 4 is 51.5 Å². The number of halogens is 1. The molecule has 0 aliphatic heterocycles. The number of thiocarbonyl (C=S) groups is 1. The Morgan fingerprint density at radius 3 is 2.50 bits per heavy atom. The summed E-state index contributed by atoms with van der Waals surface area (Å²) < 4.78 is 7.03. The summed E-state index contributed by atoms with van der Waals surface area (Å²) in [6.07, 6.45) is 1.49. The highest BCUT2D eigenvalue weighted by Gasteiger charge is 2.27. The molecule has 0 heterocycles. The fourth-order valence-corrected chi connectivity index (χ4v) is 3.21. The van der Waals surface area contributed by atoms with Crippen LogP contribution in [0.3, 0.4) is 0 Å². The summed E-state index contributed by atoms with van der Waals surface area (Å²) in [5.41, 5.74) is 2.61. The van der Waals surface area contributed by atoms with E-state index in [1.54, 1.807) is 0 Å². The van der Waals surface area contributed by atoms with Gasteiger partial charge in [-0.25, -0.2) is 0 Å². The van der Waals surface area contributed by atoms with Gasteiger partial charge in [0.1, 0.15) is 5.75 Å². The van der Waals surface area contributed by atoms with Gasteiger partial charge in [0.2, 0.25) is 5.91 Å². The lowest BCUT2D eigenvalue weighted by Gasteiger charge is -2.24. The highest BCUT2D eigenvalue weighted by atomic mass is 127. The van der Waals surface area contributed by atoms with Gasteiger partial charge in [0.15, 0.2) is 5.11 Å². The molecule has 0 bridgehead atoms. The largest absolute Gasteiger partial charge is 0.493 e. The van der Waals surface area contributed by atoms with Crippen LogP contribution in [0.1, 0.15) is 37.8 Å². The maximum atomic E-state index is 12.6. The number of rotatable bonds is 7. The van der Waals surface area contributed by atoms with E-state index in [0.29, 0.717) is 18.1 Å². The van der Waals surface area contributed by atoms with Gasteiger partial charge in [-0.05, 0) is 103 Å². The van der Waals surface area contributed by atoms with E-state index in [1.807, 2.05) is 58.0 Å². The average molecular weight is 510 g/mol. The molecule has 0 radical (unpaired) electrons. The first kappa shape index (κ1) is 22.6. The van der Waals surface area contributed by atoms with Crippen LogP contribution in [0, 0.1) is 22.8 Å². The van der Waals surface area contributed by atoms with Crippen molar-refractivity contribution in [2.24, 2.45) is 5.41 Å². The Morgan fingerprint density at radius 2 is 1.82 bits per heavy atom. The monoisotopic (exact) mass is 510 g/mol. The molecule has 0 fully saturated rings. The number of carbonyl (C=O) groups excluding carboxylic acids is 1. The highest BCUT2D eigenvalue weighted by molar-refractivity contribution is 14.1. The highest BCUT2D eigenvalue weighted by Crippen LogP contribution is 2.24. The number of amides is 1. The number of benzene rings is 2. The normalized spacial score (nSPS) is 11.0. The molecule has 0 saturated carbocycles. The van der Waals surface area contributed by atoms with Crippen molar-refractivity contribution in [1.82, 2.24) is 5.32 Å². The number of carbonyl (C=O) groups is 1. The minimum absolute atomic E-state index is 0.0951. The predicted octanol–water partition coefficient (Wildman–Crippen LogP) is 5.61. The quantitative estimate of drug-likeness (QED) is 0.289. The molecule has 6 heteroatoms. The molecule has 28 heavy (non-hydrogen) atoms. The van der Waals surface area contributed by atoms with E-state index >= 15 is 0 Å². The molecule has 150 valence electrons. The first-order chi connectivity index (χ1) is 13.2. The van der Waals surface area contributed by atoms with Gasteiger partial charge >= 0.3 is 0 Å². The smallest absolute Gasteiger partial charge is 0.231 e. The summed E-state index contributed by atoms with van der Waals surface area (Å²) in [5, 5.41) is 6.15. The number of ether oxygens (including phenoxy) is 1. The van der Waals surface area contributed by atoms with Crippen molar-refractivity contribution in [3.8, 4) is 5.75 Å². The van der Waals surface area contributed by atoms with Crippen LogP contribution < -0.4 is 15.4 Å². The van der Waals surface area contributed by atoms with Gasteiger partial charge in [-0.1, -0.05) is 26.0 Å². The van der Waals surface area contributed by atoms with Gasteiger partial charge in [0, 0.05) is 14.7 Å². The Labute approximate surface area is 186 Å². The van der Waals surface area contributed by atoms with Gasteiger partial charge in [-0.3, -0.25) is 4.79 Å². The Hall–Kier alpha value is -1.67. The predicted molar refractivity (Wildman–Crippen MR) is 128 cm³/mol. The van der Waals surface area contributed by atoms with Crippen LogP contribution in [-0.4, -0.2) is 17.6 Å². The first-order valence-corrected chi connectivity index (χ1v) is 10.7. The maximum absolute atomic E-state index is 12.6. The van der Waals surface area contributed by atoms with Crippen molar-refractivity contribution in [1.29, 1.82) is 0 Å². The molecular weight excluding hydrogens is 483 g/mol. The maximum Gasteiger partial charge on any atom is 0.231 e. The molecule has 0 aliphatic carbocycles. The molecule has 2 aromatic rings. The lowest BCUT2D eigenvalue weighted by Crippen LogP contribution is -2.42. The third-order valence-corrected chi connectivity index (χ3v) is 5.41. The van der Waals surface area contributed by atoms with E-state index in [9.17, 15) is 4.79 Å². The molecule has 2 aromatic carbocycles. The zero-order valence-electron chi connectivity index (χ0n) is 16.8. The van der Waals surface area contributed by atoms with Crippen LogP contribution in [-0.2, 0) is 4.79 Å². The summed E-state index contributed by atoms with van der Waals surface area (Å²) in [6.45, 7) is 8.51. The van der Waals surface area contributed by atoms with Crippen molar-refractivity contribution in [3.63, 3.8) is 0 Å². The molecule has 2 N–H and O–H groups in total. The molecule has 0 aliphatic rings. The summed E-state index contributed by atoms with van der Waals surface area (Å²) in [6, 6.07) is 14.0. The Balaban J connectivity index is 1.79. The molecule has 4 nitrogen and oxygen atoms in total. The van der Waals surface area contributed by atoms with Crippen molar-refractivity contribution < 1.29 is 9.53 Å². The van der Waals surface area contributed by atoms with Gasteiger partial charge in [-0.2, -0.15) is 0 Å². The van der Waals surface area contributed by atoms with Gasteiger partial charge in [0.05, 0.1) is 6.61 Å². The Morgan fingerprint density at radius 1 is 1.14 bits per heavy atom. The van der Waals surface area contributed by atoms with Crippen LogP contribution in [0.25, 0.3) is 0 Å². The SMILES string of the molecule is Cc1ccc(C)c(OCCCC(C)(C)C(=O)NC(=S)Nc2ccc(I)cc2)c1. The van der Waals surface area contributed by atoms with Crippen LogP contribution in [0.5, 0.6) is 5.75 Å². The fourth-order valence-electron chi connectivity index (χ4n) is 2.64. The Kier molecular flexibility index (Phi) is 8.24. The average Bonchev–Trinajstić information content (AvgIpc) is 2.63. The first-order valence-electron chi connectivity index (χ1n) is 9.25. The molecule has 0 atom stereocenters. The fraction of sp³-hybridized carbons (Fsp3) is 0.364. The van der Waals surface area contributed by atoms with E-state index in [1.165, 1.54) is 5.56 Å². The second-order valence-corrected chi connectivity index (χ2v) is 9.17. The summed E-state index contributed by atoms with van der Waals surface area (Å²) >= 11 is 7.51. The zero-order valence-corrected chi connectivity index (χ0v) is 19.7.